The molecule has 0 radical (unpaired) electrons. The molecule has 0 saturated carbocycles. The third-order valence-corrected chi connectivity index (χ3v) is 5.87. The molecule has 2 aromatic carbocycles. The van der Waals surface area contributed by atoms with Crippen LogP contribution in [0.5, 0.6) is 0 Å². The summed E-state index contributed by atoms with van der Waals surface area (Å²) in [4.78, 5) is 0. The molecule has 0 saturated heterocycles. The summed E-state index contributed by atoms with van der Waals surface area (Å²) in [5, 5.41) is 11.1. The number of nitriles is 1. The molecule has 2 aromatic rings. The lowest BCUT2D eigenvalue weighted by Crippen LogP contribution is -2.25. The standard InChI is InChI=1S/C24H20Cl2N2O/c1-14-10-17(12-15-2-6-18(25)7-3-15)23-20(11-14)22(21(13-27)24(28)29-23)16-4-8-19(26)9-5-16/h2-9,12,14,22H,10-11,28H2,1H3/b17-12+. The van der Waals surface area contributed by atoms with Crippen molar-refractivity contribution in [2.24, 2.45) is 11.7 Å². The summed E-state index contributed by atoms with van der Waals surface area (Å²) in [7, 11) is 0. The summed E-state index contributed by atoms with van der Waals surface area (Å²) >= 11 is 12.1. The van der Waals surface area contributed by atoms with E-state index in [-0.39, 0.29) is 11.8 Å². The minimum Gasteiger partial charge on any atom is -0.440 e. The van der Waals surface area contributed by atoms with Gasteiger partial charge in [-0.05, 0) is 71.4 Å². The fourth-order valence-electron chi connectivity index (χ4n) is 4.10. The van der Waals surface area contributed by atoms with Crippen LogP contribution in [0.2, 0.25) is 10.0 Å². The van der Waals surface area contributed by atoms with E-state index in [9.17, 15) is 5.26 Å². The van der Waals surface area contributed by atoms with E-state index in [0.717, 1.165) is 40.9 Å². The molecule has 0 amide bonds. The molecule has 1 heterocycles. The molecular weight excluding hydrogens is 403 g/mol. The second-order valence-corrected chi connectivity index (χ2v) is 8.44. The monoisotopic (exact) mass is 422 g/mol. The molecule has 146 valence electrons. The zero-order valence-electron chi connectivity index (χ0n) is 16.0. The molecular formula is C24H20Cl2N2O. The van der Waals surface area contributed by atoms with Gasteiger partial charge in [-0.2, -0.15) is 5.26 Å². The van der Waals surface area contributed by atoms with E-state index in [1.54, 1.807) is 0 Å². The molecule has 0 bridgehead atoms. The van der Waals surface area contributed by atoms with Gasteiger partial charge >= 0.3 is 0 Å². The predicted octanol–water partition coefficient (Wildman–Crippen LogP) is 6.57. The van der Waals surface area contributed by atoms with Gasteiger partial charge < -0.3 is 10.5 Å². The first kappa shape index (κ1) is 19.6. The van der Waals surface area contributed by atoms with Crippen molar-refractivity contribution in [3.05, 3.63) is 98.1 Å². The van der Waals surface area contributed by atoms with Crippen LogP contribution in [0.25, 0.3) is 6.08 Å². The molecule has 2 atom stereocenters. The van der Waals surface area contributed by atoms with E-state index in [2.05, 4.69) is 19.1 Å². The lowest BCUT2D eigenvalue weighted by molar-refractivity contribution is 0.268. The zero-order valence-corrected chi connectivity index (χ0v) is 17.5. The Morgan fingerprint density at radius 2 is 1.66 bits per heavy atom. The van der Waals surface area contributed by atoms with Crippen molar-refractivity contribution in [3.8, 4) is 6.07 Å². The molecule has 0 aromatic heterocycles. The first-order chi connectivity index (χ1) is 14.0. The molecule has 2 aliphatic rings. The highest BCUT2D eigenvalue weighted by Gasteiger charge is 2.37. The first-order valence-corrected chi connectivity index (χ1v) is 10.2. The summed E-state index contributed by atoms with van der Waals surface area (Å²) in [6, 6.07) is 17.6. The summed E-state index contributed by atoms with van der Waals surface area (Å²) in [6.45, 7) is 2.21. The lowest BCUT2D eigenvalue weighted by atomic mass is 9.74. The Kier molecular flexibility index (Phi) is 5.41. The molecule has 1 aliphatic carbocycles. The van der Waals surface area contributed by atoms with Gasteiger partial charge in [-0.1, -0.05) is 54.4 Å². The van der Waals surface area contributed by atoms with Crippen LogP contribution in [-0.2, 0) is 4.74 Å². The van der Waals surface area contributed by atoms with Gasteiger partial charge in [0, 0.05) is 16.0 Å². The summed E-state index contributed by atoms with van der Waals surface area (Å²) < 4.78 is 6.02. The number of hydrogen-bond donors (Lipinski definition) is 1. The van der Waals surface area contributed by atoms with Crippen LogP contribution in [0.3, 0.4) is 0 Å². The number of rotatable bonds is 2. The van der Waals surface area contributed by atoms with Crippen molar-refractivity contribution in [3.63, 3.8) is 0 Å². The number of benzene rings is 2. The van der Waals surface area contributed by atoms with Gasteiger partial charge in [0.05, 0.1) is 0 Å². The second kappa shape index (κ2) is 7.99. The van der Waals surface area contributed by atoms with Crippen LogP contribution in [0.4, 0.5) is 0 Å². The van der Waals surface area contributed by atoms with Crippen molar-refractivity contribution >= 4 is 29.3 Å². The highest BCUT2D eigenvalue weighted by atomic mass is 35.5. The Hall–Kier alpha value is -2.67. The van der Waals surface area contributed by atoms with E-state index in [4.69, 9.17) is 33.7 Å². The van der Waals surface area contributed by atoms with Gasteiger partial charge in [0.1, 0.15) is 17.4 Å². The summed E-state index contributed by atoms with van der Waals surface area (Å²) in [6.07, 6.45) is 3.84. The number of nitrogens with zero attached hydrogens (tertiary/aromatic N) is 1. The highest BCUT2D eigenvalue weighted by molar-refractivity contribution is 6.30. The van der Waals surface area contributed by atoms with Gasteiger partial charge in [-0.3, -0.25) is 0 Å². The molecule has 5 heteroatoms. The minimum atomic E-state index is -0.225. The van der Waals surface area contributed by atoms with Crippen LogP contribution in [0, 0.1) is 17.2 Å². The van der Waals surface area contributed by atoms with Crippen molar-refractivity contribution in [1.29, 1.82) is 5.26 Å². The van der Waals surface area contributed by atoms with Crippen LogP contribution in [0.1, 0.15) is 36.8 Å². The summed E-state index contributed by atoms with van der Waals surface area (Å²) in [5.41, 5.74) is 10.9. The van der Waals surface area contributed by atoms with E-state index in [1.807, 2.05) is 48.5 Å². The van der Waals surface area contributed by atoms with Crippen molar-refractivity contribution in [2.75, 3.05) is 0 Å². The fraction of sp³-hybridized carbons (Fsp3) is 0.208. The smallest absolute Gasteiger partial charge is 0.205 e. The molecule has 29 heavy (non-hydrogen) atoms. The highest BCUT2D eigenvalue weighted by Crippen LogP contribution is 2.48. The normalized spacial score (nSPS) is 22.9. The Bertz CT molecular complexity index is 1070. The maximum atomic E-state index is 9.79. The molecule has 2 N–H and O–H groups in total. The fourth-order valence-corrected chi connectivity index (χ4v) is 4.36. The van der Waals surface area contributed by atoms with Crippen LogP contribution in [0.15, 0.2) is 76.9 Å². The Balaban J connectivity index is 1.85. The van der Waals surface area contributed by atoms with Gasteiger partial charge in [0.25, 0.3) is 0 Å². The lowest BCUT2D eigenvalue weighted by Gasteiger charge is -2.35. The topological polar surface area (TPSA) is 59.0 Å². The average molecular weight is 423 g/mol. The van der Waals surface area contributed by atoms with Crippen LogP contribution < -0.4 is 5.73 Å². The third kappa shape index (κ3) is 3.92. The van der Waals surface area contributed by atoms with Crippen molar-refractivity contribution in [2.45, 2.75) is 25.7 Å². The largest absolute Gasteiger partial charge is 0.440 e. The number of ether oxygens (including phenoxy) is 1. The molecule has 2 unspecified atom stereocenters. The van der Waals surface area contributed by atoms with Gasteiger partial charge in [-0.25, -0.2) is 0 Å². The van der Waals surface area contributed by atoms with Gasteiger partial charge in [0.15, 0.2) is 0 Å². The maximum Gasteiger partial charge on any atom is 0.205 e. The zero-order chi connectivity index (χ0) is 20.5. The van der Waals surface area contributed by atoms with Crippen LogP contribution in [-0.4, -0.2) is 0 Å². The SMILES string of the molecule is CC1CC2=C(OC(N)=C(C#N)C2c2ccc(Cl)cc2)/C(=C/c2ccc(Cl)cc2)C1. The second-order valence-electron chi connectivity index (χ2n) is 7.57. The maximum absolute atomic E-state index is 9.79. The molecule has 0 spiro atoms. The number of allylic oxidation sites excluding steroid dienone is 3. The first-order valence-electron chi connectivity index (χ1n) is 9.49. The Labute approximate surface area is 180 Å². The molecule has 4 rings (SSSR count). The predicted molar refractivity (Wildman–Crippen MR) is 117 cm³/mol. The van der Waals surface area contributed by atoms with Crippen molar-refractivity contribution < 1.29 is 4.74 Å². The minimum absolute atomic E-state index is 0.169. The Morgan fingerprint density at radius 1 is 1.03 bits per heavy atom. The van der Waals surface area contributed by atoms with Gasteiger partial charge in [0.2, 0.25) is 5.88 Å². The van der Waals surface area contributed by atoms with E-state index >= 15 is 0 Å². The number of nitrogens with two attached hydrogens (primary N) is 1. The van der Waals surface area contributed by atoms with E-state index in [1.165, 1.54) is 0 Å². The molecule has 3 nitrogen and oxygen atoms in total. The molecule has 0 fully saturated rings. The number of halogens is 2. The number of hydrogen-bond acceptors (Lipinski definition) is 3. The summed E-state index contributed by atoms with van der Waals surface area (Å²) in [5.74, 6) is 1.15. The van der Waals surface area contributed by atoms with E-state index < -0.39 is 0 Å². The molecule has 1 aliphatic heterocycles. The third-order valence-electron chi connectivity index (χ3n) is 5.37. The Morgan fingerprint density at radius 3 is 2.28 bits per heavy atom. The van der Waals surface area contributed by atoms with Crippen molar-refractivity contribution in [1.82, 2.24) is 0 Å². The quantitative estimate of drug-likeness (QED) is 0.594. The van der Waals surface area contributed by atoms with E-state index in [0.29, 0.717) is 21.5 Å². The average Bonchev–Trinajstić information content (AvgIpc) is 2.70. The van der Waals surface area contributed by atoms with Gasteiger partial charge in [-0.15, -0.1) is 0 Å². The van der Waals surface area contributed by atoms with Crippen LogP contribution >= 0.6 is 23.2 Å².